The fourth-order valence-electron chi connectivity index (χ4n) is 3.79. The minimum absolute atomic E-state index is 0.236. The summed E-state index contributed by atoms with van der Waals surface area (Å²) in [6.45, 7) is 6.82. The number of anilines is 2. The molecule has 0 bridgehead atoms. The molecule has 1 saturated heterocycles. The van der Waals surface area contributed by atoms with Crippen LogP contribution in [0.1, 0.15) is 43.7 Å². The lowest BCUT2D eigenvalue weighted by Crippen LogP contribution is -2.45. The lowest BCUT2D eigenvalue weighted by molar-refractivity contribution is -0.119. The number of benzene rings is 2. The summed E-state index contributed by atoms with van der Waals surface area (Å²) < 4.78 is 0. The summed E-state index contributed by atoms with van der Waals surface area (Å²) in [6, 6.07) is 15.0. The first-order valence-corrected chi connectivity index (χ1v) is 11.6. The van der Waals surface area contributed by atoms with E-state index >= 15 is 0 Å². The highest BCUT2D eigenvalue weighted by molar-refractivity contribution is 7.18. The summed E-state index contributed by atoms with van der Waals surface area (Å²) in [7, 11) is 0. The number of amides is 3. The maximum absolute atomic E-state index is 12.9. The molecule has 2 aromatic carbocycles. The Bertz CT molecular complexity index is 1110. The van der Waals surface area contributed by atoms with E-state index in [2.05, 4.69) is 34.7 Å². The highest BCUT2D eigenvalue weighted by Crippen LogP contribution is 2.28. The summed E-state index contributed by atoms with van der Waals surface area (Å²) in [4.78, 5) is 27.3. The normalized spacial score (nSPS) is 15.8. The number of likely N-dealkylation sites (tertiary alicyclic amines) is 1. The zero-order valence-electron chi connectivity index (χ0n) is 18.5. The van der Waals surface area contributed by atoms with Gasteiger partial charge in [0.15, 0.2) is 0 Å². The maximum atomic E-state index is 12.9. The standard InChI is InChI=1S/C24H27N5O2S/c1-15(2)17-9-11-19(12-10-17)25-24(31)29-13-5-8-20(29)21(30)26-23-28-27-22(32-23)18-7-4-6-16(3)14-18/h4,6-7,9-12,14-15,20H,5,8,13H2,1-3H3,(H,25,31)(H,26,28,30). The Morgan fingerprint density at radius 3 is 2.59 bits per heavy atom. The van der Waals surface area contributed by atoms with Crippen molar-refractivity contribution in [3.05, 3.63) is 59.7 Å². The first-order valence-electron chi connectivity index (χ1n) is 10.8. The quantitative estimate of drug-likeness (QED) is 0.555. The van der Waals surface area contributed by atoms with Gasteiger partial charge in [-0.3, -0.25) is 10.1 Å². The highest BCUT2D eigenvalue weighted by Gasteiger charge is 2.34. The second-order valence-electron chi connectivity index (χ2n) is 8.33. The van der Waals surface area contributed by atoms with Gasteiger partial charge in [0.1, 0.15) is 11.0 Å². The molecule has 0 radical (unpaired) electrons. The van der Waals surface area contributed by atoms with Gasteiger partial charge in [-0.2, -0.15) is 0 Å². The molecule has 1 aromatic heterocycles. The fourth-order valence-corrected chi connectivity index (χ4v) is 4.53. The van der Waals surface area contributed by atoms with Crippen LogP contribution in [0.2, 0.25) is 0 Å². The maximum Gasteiger partial charge on any atom is 0.322 e. The van der Waals surface area contributed by atoms with Crippen molar-refractivity contribution in [3.63, 3.8) is 0 Å². The van der Waals surface area contributed by atoms with Gasteiger partial charge in [0, 0.05) is 17.8 Å². The third-order valence-corrected chi connectivity index (χ3v) is 6.45. The Labute approximate surface area is 191 Å². The largest absolute Gasteiger partial charge is 0.322 e. The van der Waals surface area contributed by atoms with Crippen molar-refractivity contribution in [2.24, 2.45) is 0 Å². The highest BCUT2D eigenvalue weighted by atomic mass is 32.1. The Balaban J connectivity index is 1.39. The number of carbonyl (C=O) groups is 2. The van der Waals surface area contributed by atoms with Crippen LogP contribution in [0.3, 0.4) is 0 Å². The Morgan fingerprint density at radius 1 is 1.09 bits per heavy atom. The number of aromatic nitrogens is 2. The first kappa shape index (κ1) is 22.0. The van der Waals surface area contributed by atoms with Gasteiger partial charge in [-0.25, -0.2) is 4.79 Å². The van der Waals surface area contributed by atoms with Gasteiger partial charge in [0.2, 0.25) is 11.0 Å². The third-order valence-electron chi connectivity index (χ3n) is 5.57. The second kappa shape index (κ2) is 9.48. The molecule has 1 aliphatic heterocycles. The molecule has 7 nitrogen and oxygen atoms in total. The molecule has 1 unspecified atom stereocenters. The van der Waals surface area contributed by atoms with Crippen LogP contribution in [0.4, 0.5) is 15.6 Å². The van der Waals surface area contributed by atoms with Crippen LogP contribution in [0.15, 0.2) is 48.5 Å². The molecule has 4 rings (SSSR count). The van der Waals surface area contributed by atoms with Crippen molar-refractivity contribution in [1.82, 2.24) is 15.1 Å². The molecule has 1 aliphatic rings. The van der Waals surface area contributed by atoms with Gasteiger partial charge < -0.3 is 10.2 Å². The average molecular weight is 450 g/mol. The summed E-state index contributed by atoms with van der Waals surface area (Å²) >= 11 is 1.32. The average Bonchev–Trinajstić information content (AvgIpc) is 3.44. The number of nitrogens with one attached hydrogen (secondary N) is 2. The van der Waals surface area contributed by atoms with E-state index in [-0.39, 0.29) is 11.9 Å². The molecule has 3 aromatic rings. The van der Waals surface area contributed by atoms with Gasteiger partial charge in [0.25, 0.3) is 0 Å². The molecule has 2 heterocycles. The summed E-state index contributed by atoms with van der Waals surface area (Å²) in [6.07, 6.45) is 1.40. The van der Waals surface area contributed by atoms with E-state index in [0.29, 0.717) is 24.0 Å². The lowest BCUT2D eigenvalue weighted by Gasteiger charge is -2.24. The van der Waals surface area contributed by atoms with Gasteiger partial charge in [-0.05, 0) is 49.4 Å². The topological polar surface area (TPSA) is 87.2 Å². The number of aryl methyl sites for hydroxylation is 1. The van der Waals surface area contributed by atoms with Crippen LogP contribution in [0, 0.1) is 6.92 Å². The van der Waals surface area contributed by atoms with Gasteiger partial charge >= 0.3 is 6.03 Å². The summed E-state index contributed by atoms with van der Waals surface area (Å²) in [5.74, 6) is 0.193. The number of urea groups is 1. The molecular weight excluding hydrogens is 422 g/mol. The molecular formula is C24H27N5O2S. The van der Waals surface area contributed by atoms with Crippen molar-refractivity contribution in [2.75, 3.05) is 17.2 Å². The van der Waals surface area contributed by atoms with E-state index in [9.17, 15) is 9.59 Å². The van der Waals surface area contributed by atoms with Crippen molar-refractivity contribution in [3.8, 4) is 10.6 Å². The molecule has 1 atom stereocenters. The molecule has 32 heavy (non-hydrogen) atoms. The van der Waals surface area contributed by atoms with Crippen molar-refractivity contribution >= 4 is 34.1 Å². The zero-order valence-corrected chi connectivity index (χ0v) is 19.3. The number of hydrogen-bond donors (Lipinski definition) is 2. The smallest absolute Gasteiger partial charge is 0.312 e. The molecule has 3 amide bonds. The van der Waals surface area contributed by atoms with Crippen LogP contribution in [-0.4, -0.2) is 39.6 Å². The Morgan fingerprint density at radius 2 is 1.88 bits per heavy atom. The van der Waals surface area contributed by atoms with E-state index in [1.165, 1.54) is 16.9 Å². The summed E-state index contributed by atoms with van der Waals surface area (Å²) in [5, 5.41) is 15.2. The first-order chi connectivity index (χ1) is 15.4. The van der Waals surface area contributed by atoms with E-state index in [1.54, 1.807) is 4.90 Å². The van der Waals surface area contributed by atoms with E-state index < -0.39 is 6.04 Å². The number of rotatable bonds is 5. The molecule has 0 aliphatic carbocycles. The van der Waals surface area contributed by atoms with Gasteiger partial charge in [0.05, 0.1) is 0 Å². The fraction of sp³-hybridized carbons (Fsp3) is 0.333. The lowest BCUT2D eigenvalue weighted by atomic mass is 10.0. The molecule has 0 spiro atoms. The molecule has 2 N–H and O–H groups in total. The van der Waals surface area contributed by atoms with Crippen LogP contribution in [0.25, 0.3) is 10.6 Å². The molecule has 1 fully saturated rings. The Kier molecular flexibility index (Phi) is 6.50. The van der Waals surface area contributed by atoms with Gasteiger partial charge in [-0.1, -0.05) is 61.1 Å². The molecule has 0 saturated carbocycles. The predicted molar refractivity (Wildman–Crippen MR) is 128 cm³/mol. The van der Waals surface area contributed by atoms with Crippen molar-refractivity contribution in [1.29, 1.82) is 0 Å². The minimum Gasteiger partial charge on any atom is -0.312 e. The van der Waals surface area contributed by atoms with E-state index in [0.717, 1.165) is 28.2 Å². The Hall–Kier alpha value is -3.26. The SMILES string of the molecule is Cc1cccc(-c2nnc(NC(=O)C3CCCN3C(=O)Nc3ccc(C(C)C)cc3)s2)c1. The van der Waals surface area contributed by atoms with Gasteiger partial charge in [-0.15, -0.1) is 10.2 Å². The number of nitrogens with zero attached hydrogens (tertiary/aromatic N) is 3. The van der Waals surface area contributed by atoms with E-state index in [1.807, 2.05) is 55.5 Å². The number of carbonyl (C=O) groups excluding carboxylic acids is 2. The summed E-state index contributed by atoms with van der Waals surface area (Å²) in [5.41, 5.74) is 4.03. The van der Waals surface area contributed by atoms with Crippen LogP contribution in [0.5, 0.6) is 0 Å². The van der Waals surface area contributed by atoms with Crippen molar-refractivity contribution in [2.45, 2.75) is 45.6 Å². The minimum atomic E-state index is -0.531. The third kappa shape index (κ3) is 4.96. The number of hydrogen-bond acceptors (Lipinski definition) is 5. The van der Waals surface area contributed by atoms with E-state index in [4.69, 9.17) is 0 Å². The zero-order chi connectivity index (χ0) is 22.7. The molecule has 8 heteroatoms. The monoisotopic (exact) mass is 449 g/mol. The van der Waals surface area contributed by atoms with Crippen LogP contribution >= 0.6 is 11.3 Å². The second-order valence-corrected chi connectivity index (χ2v) is 9.31. The predicted octanol–water partition coefficient (Wildman–Crippen LogP) is 5.27. The molecule has 166 valence electrons. The van der Waals surface area contributed by atoms with Crippen LogP contribution in [-0.2, 0) is 4.79 Å². The van der Waals surface area contributed by atoms with Crippen molar-refractivity contribution < 1.29 is 9.59 Å². The van der Waals surface area contributed by atoms with Crippen LogP contribution < -0.4 is 10.6 Å².